The molecule has 0 aliphatic heterocycles. The van der Waals surface area contributed by atoms with Gasteiger partial charge in [0.25, 0.3) is 0 Å². The summed E-state index contributed by atoms with van der Waals surface area (Å²) in [4.78, 5) is 0. The second-order valence-corrected chi connectivity index (χ2v) is 6.45. The summed E-state index contributed by atoms with van der Waals surface area (Å²) in [5.74, 6) is 0. The van der Waals surface area contributed by atoms with Crippen LogP contribution >= 0.6 is 15.9 Å². The standard InChI is InChI=1S/C20H12BrN/c21-17-9-5-11-19-16(17)12-20-15-8-2-1-6-13(15)14-7-3-4-10-18(14)22(19)20/h1-12H. The van der Waals surface area contributed by atoms with Crippen molar-refractivity contribution in [2.45, 2.75) is 0 Å². The Morgan fingerprint density at radius 1 is 0.545 bits per heavy atom. The average Bonchev–Trinajstić information content (AvgIpc) is 2.97. The highest BCUT2D eigenvalue weighted by molar-refractivity contribution is 9.10. The Kier molecular flexibility index (Phi) is 2.42. The highest BCUT2D eigenvalue weighted by atomic mass is 79.9. The zero-order valence-electron chi connectivity index (χ0n) is 11.8. The molecule has 0 spiro atoms. The molecular formula is C20H12BrN. The number of rotatable bonds is 0. The van der Waals surface area contributed by atoms with E-state index in [1.807, 2.05) is 0 Å². The topological polar surface area (TPSA) is 4.41 Å². The van der Waals surface area contributed by atoms with Gasteiger partial charge in [-0.25, -0.2) is 0 Å². The SMILES string of the molecule is Brc1cccc2c1cc1c3ccccc3c3ccccc3n21. The van der Waals surface area contributed by atoms with Crippen LogP contribution in [0.25, 0.3) is 38.1 Å². The van der Waals surface area contributed by atoms with E-state index in [0.29, 0.717) is 0 Å². The Morgan fingerprint density at radius 3 is 1.95 bits per heavy atom. The second kappa shape index (κ2) is 4.34. The molecule has 0 radical (unpaired) electrons. The predicted octanol–water partition coefficient (Wildman–Crippen LogP) is 6.16. The van der Waals surface area contributed by atoms with Gasteiger partial charge < -0.3 is 4.40 Å². The van der Waals surface area contributed by atoms with Gasteiger partial charge in [0, 0.05) is 20.6 Å². The van der Waals surface area contributed by atoms with E-state index in [1.54, 1.807) is 0 Å². The van der Waals surface area contributed by atoms with Crippen LogP contribution in [0.3, 0.4) is 0 Å². The molecule has 104 valence electrons. The summed E-state index contributed by atoms with van der Waals surface area (Å²) < 4.78 is 3.51. The summed E-state index contributed by atoms with van der Waals surface area (Å²) in [5, 5.41) is 5.15. The molecule has 0 atom stereocenters. The largest absolute Gasteiger partial charge is 0.309 e. The molecule has 0 saturated carbocycles. The first-order chi connectivity index (χ1) is 10.8. The molecule has 0 aliphatic carbocycles. The number of pyridine rings is 1. The van der Waals surface area contributed by atoms with Crippen LogP contribution in [0.2, 0.25) is 0 Å². The van der Waals surface area contributed by atoms with Gasteiger partial charge in [0.15, 0.2) is 0 Å². The molecule has 0 bridgehead atoms. The van der Waals surface area contributed by atoms with E-state index in [2.05, 4.69) is 93.1 Å². The molecule has 0 amide bonds. The number of fused-ring (bicyclic) bond motifs is 8. The first-order valence-corrected chi connectivity index (χ1v) is 8.13. The fraction of sp³-hybridized carbons (Fsp3) is 0. The fourth-order valence-corrected chi connectivity index (χ4v) is 3.96. The van der Waals surface area contributed by atoms with Crippen LogP contribution in [-0.4, -0.2) is 4.40 Å². The van der Waals surface area contributed by atoms with Gasteiger partial charge in [-0.1, -0.05) is 64.5 Å². The van der Waals surface area contributed by atoms with Crippen LogP contribution in [-0.2, 0) is 0 Å². The number of benzene rings is 3. The van der Waals surface area contributed by atoms with E-state index in [4.69, 9.17) is 0 Å². The Balaban J connectivity index is 2.24. The molecule has 0 unspecified atom stereocenters. The molecule has 22 heavy (non-hydrogen) atoms. The number of halogens is 1. The minimum absolute atomic E-state index is 1.14. The lowest BCUT2D eigenvalue weighted by molar-refractivity contribution is 1.35. The molecular weight excluding hydrogens is 334 g/mol. The third kappa shape index (κ3) is 1.48. The normalized spacial score (nSPS) is 11.9. The molecule has 0 saturated heterocycles. The van der Waals surface area contributed by atoms with E-state index in [0.717, 1.165) is 4.47 Å². The summed E-state index contributed by atoms with van der Waals surface area (Å²) in [5.41, 5.74) is 3.76. The van der Waals surface area contributed by atoms with Gasteiger partial charge in [-0.05, 0) is 29.7 Å². The molecule has 2 heteroatoms. The Labute approximate surface area is 135 Å². The lowest BCUT2D eigenvalue weighted by Crippen LogP contribution is -1.90. The van der Waals surface area contributed by atoms with Crippen molar-refractivity contribution in [1.82, 2.24) is 4.40 Å². The Hall–Kier alpha value is -2.32. The molecule has 5 aromatic rings. The van der Waals surface area contributed by atoms with Gasteiger partial charge in [-0.2, -0.15) is 0 Å². The van der Waals surface area contributed by atoms with E-state index < -0.39 is 0 Å². The summed E-state index contributed by atoms with van der Waals surface area (Å²) in [6, 6.07) is 26.0. The summed E-state index contributed by atoms with van der Waals surface area (Å²) in [7, 11) is 0. The Morgan fingerprint density at radius 2 is 1.14 bits per heavy atom. The summed E-state index contributed by atoms with van der Waals surface area (Å²) in [6.07, 6.45) is 0. The zero-order valence-corrected chi connectivity index (χ0v) is 13.3. The van der Waals surface area contributed by atoms with E-state index in [1.165, 1.54) is 38.1 Å². The first-order valence-electron chi connectivity index (χ1n) is 7.34. The maximum absolute atomic E-state index is 3.69. The van der Waals surface area contributed by atoms with Gasteiger partial charge in [-0.3, -0.25) is 0 Å². The van der Waals surface area contributed by atoms with Crippen LogP contribution in [0.1, 0.15) is 0 Å². The van der Waals surface area contributed by atoms with Crippen molar-refractivity contribution < 1.29 is 0 Å². The van der Waals surface area contributed by atoms with Crippen molar-refractivity contribution in [3.05, 3.63) is 77.3 Å². The van der Waals surface area contributed by atoms with Crippen LogP contribution in [0.4, 0.5) is 0 Å². The van der Waals surface area contributed by atoms with Crippen molar-refractivity contribution in [2.75, 3.05) is 0 Å². The lowest BCUT2D eigenvalue weighted by atomic mass is 10.1. The molecule has 0 N–H and O–H groups in total. The van der Waals surface area contributed by atoms with Crippen molar-refractivity contribution >= 4 is 54.0 Å². The third-order valence-electron chi connectivity index (χ3n) is 4.43. The number of hydrogen-bond acceptors (Lipinski definition) is 0. The van der Waals surface area contributed by atoms with E-state index >= 15 is 0 Å². The smallest absolute Gasteiger partial charge is 0.0547 e. The molecule has 1 nitrogen and oxygen atoms in total. The maximum atomic E-state index is 3.69. The monoisotopic (exact) mass is 345 g/mol. The van der Waals surface area contributed by atoms with Gasteiger partial charge in [0.1, 0.15) is 0 Å². The summed E-state index contributed by atoms with van der Waals surface area (Å²) in [6.45, 7) is 0. The van der Waals surface area contributed by atoms with Gasteiger partial charge >= 0.3 is 0 Å². The van der Waals surface area contributed by atoms with E-state index in [9.17, 15) is 0 Å². The number of para-hydroxylation sites is 1. The minimum Gasteiger partial charge on any atom is -0.309 e. The molecule has 0 aliphatic rings. The fourth-order valence-electron chi connectivity index (χ4n) is 3.49. The first kappa shape index (κ1) is 12.2. The van der Waals surface area contributed by atoms with E-state index in [-0.39, 0.29) is 0 Å². The van der Waals surface area contributed by atoms with Crippen molar-refractivity contribution in [3.8, 4) is 0 Å². The second-order valence-electron chi connectivity index (χ2n) is 5.60. The number of hydrogen-bond donors (Lipinski definition) is 0. The van der Waals surface area contributed by atoms with Crippen molar-refractivity contribution in [3.63, 3.8) is 0 Å². The molecule has 5 rings (SSSR count). The molecule has 0 fully saturated rings. The summed E-state index contributed by atoms with van der Waals surface area (Å²) >= 11 is 3.69. The average molecular weight is 346 g/mol. The van der Waals surface area contributed by atoms with Gasteiger partial charge in [-0.15, -0.1) is 0 Å². The highest BCUT2D eigenvalue weighted by Gasteiger charge is 2.12. The molecule has 3 aromatic carbocycles. The Bertz CT molecular complexity index is 1180. The van der Waals surface area contributed by atoms with Crippen LogP contribution in [0.5, 0.6) is 0 Å². The van der Waals surface area contributed by atoms with Crippen LogP contribution in [0, 0.1) is 0 Å². The number of nitrogens with zero attached hydrogens (tertiary/aromatic N) is 1. The quantitative estimate of drug-likeness (QED) is 0.296. The predicted molar refractivity (Wildman–Crippen MR) is 97.6 cm³/mol. The third-order valence-corrected chi connectivity index (χ3v) is 5.12. The molecule has 2 heterocycles. The van der Waals surface area contributed by atoms with Crippen molar-refractivity contribution in [2.24, 2.45) is 0 Å². The minimum atomic E-state index is 1.14. The van der Waals surface area contributed by atoms with Crippen LogP contribution < -0.4 is 0 Å². The van der Waals surface area contributed by atoms with Gasteiger partial charge in [0.05, 0.1) is 16.6 Å². The maximum Gasteiger partial charge on any atom is 0.0547 e. The zero-order chi connectivity index (χ0) is 14.7. The lowest BCUT2D eigenvalue weighted by Gasteiger charge is -2.09. The number of aromatic nitrogens is 1. The molecule has 2 aromatic heterocycles. The van der Waals surface area contributed by atoms with Crippen LogP contribution in [0.15, 0.2) is 77.3 Å². The van der Waals surface area contributed by atoms with Crippen molar-refractivity contribution in [1.29, 1.82) is 0 Å². The highest BCUT2D eigenvalue weighted by Crippen LogP contribution is 2.35. The van der Waals surface area contributed by atoms with Gasteiger partial charge in [0.2, 0.25) is 0 Å².